The number of rotatable bonds is 6. The van der Waals surface area contributed by atoms with Gasteiger partial charge in [0.05, 0.1) is 5.69 Å². The third-order valence-electron chi connectivity index (χ3n) is 13.7. The number of fused-ring (bicyclic) bond motifs is 10. The molecule has 0 amide bonds. The summed E-state index contributed by atoms with van der Waals surface area (Å²) in [5, 5.41) is 7.24. The topological polar surface area (TPSA) is 16.4 Å². The fourth-order valence-electron chi connectivity index (χ4n) is 10.7. The predicted molar refractivity (Wildman–Crippen MR) is 273 cm³/mol. The lowest BCUT2D eigenvalue weighted by molar-refractivity contribution is 0.662. The van der Waals surface area contributed by atoms with E-state index in [1.165, 1.54) is 75.5 Å². The van der Waals surface area contributed by atoms with E-state index in [4.69, 9.17) is 4.42 Å². The first-order valence-electron chi connectivity index (χ1n) is 22.1. The third kappa shape index (κ3) is 5.57. The van der Waals surface area contributed by atoms with Crippen molar-refractivity contribution < 1.29 is 4.42 Å². The Bertz CT molecular complexity index is 3810. The largest absolute Gasteiger partial charge is 0.455 e. The number of nitrogens with zero attached hydrogens (tertiary/aromatic N) is 1. The Morgan fingerprint density at radius 2 is 0.984 bits per heavy atom. The summed E-state index contributed by atoms with van der Waals surface area (Å²) in [4.78, 5) is 2.41. The first kappa shape index (κ1) is 36.9. The molecule has 3 heteroatoms. The summed E-state index contributed by atoms with van der Waals surface area (Å²) in [5.41, 5.74) is 17.4. The minimum absolute atomic E-state index is 0.113. The van der Waals surface area contributed by atoms with E-state index in [1.807, 2.05) is 11.3 Å². The number of thiophene rings is 1. The predicted octanol–water partition coefficient (Wildman–Crippen LogP) is 17.9. The minimum Gasteiger partial charge on any atom is -0.455 e. The molecule has 302 valence electrons. The molecule has 0 bridgehead atoms. The van der Waals surface area contributed by atoms with Gasteiger partial charge in [0.25, 0.3) is 0 Å². The van der Waals surface area contributed by atoms with Crippen molar-refractivity contribution in [1.82, 2.24) is 0 Å². The molecule has 13 rings (SSSR count). The van der Waals surface area contributed by atoms with Crippen LogP contribution in [0.15, 0.2) is 217 Å². The molecule has 0 atom stereocenters. The van der Waals surface area contributed by atoms with Crippen molar-refractivity contribution in [3.63, 3.8) is 0 Å². The molecule has 1 aliphatic rings. The highest BCUT2D eigenvalue weighted by Crippen LogP contribution is 2.53. The lowest BCUT2D eigenvalue weighted by Crippen LogP contribution is -2.16. The summed E-state index contributed by atoms with van der Waals surface area (Å²) in [5.74, 6) is 0. The second kappa shape index (κ2) is 14.2. The van der Waals surface area contributed by atoms with E-state index >= 15 is 0 Å². The van der Waals surface area contributed by atoms with Gasteiger partial charge in [-0.1, -0.05) is 178 Å². The zero-order valence-corrected chi connectivity index (χ0v) is 36.3. The van der Waals surface area contributed by atoms with Crippen LogP contribution >= 0.6 is 11.3 Å². The van der Waals surface area contributed by atoms with Crippen LogP contribution in [0.25, 0.3) is 97.4 Å². The molecule has 0 spiro atoms. The van der Waals surface area contributed by atoms with E-state index in [0.29, 0.717) is 0 Å². The number of hydrogen-bond acceptors (Lipinski definition) is 3. The number of benzene rings is 10. The van der Waals surface area contributed by atoms with Crippen molar-refractivity contribution in [2.24, 2.45) is 0 Å². The highest BCUT2D eigenvalue weighted by molar-refractivity contribution is 7.26. The molecule has 0 aliphatic heterocycles. The summed E-state index contributed by atoms with van der Waals surface area (Å²) < 4.78 is 9.47. The van der Waals surface area contributed by atoms with Gasteiger partial charge in [-0.05, 0) is 104 Å². The van der Waals surface area contributed by atoms with Gasteiger partial charge in [-0.3, -0.25) is 0 Å². The van der Waals surface area contributed by atoms with Crippen molar-refractivity contribution in [1.29, 1.82) is 0 Å². The van der Waals surface area contributed by atoms with Crippen LogP contribution in [0, 0.1) is 0 Å². The fourth-order valence-corrected chi connectivity index (χ4v) is 11.9. The minimum atomic E-state index is -0.113. The molecule has 0 saturated heterocycles. The zero-order valence-electron chi connectivity index (χ0n) is 35.5. The molecule has 0 fully saturated rings. The van der Waals surface area contributed by atoms with Crippen LogP contribution in [0.2, 0.25) is 0 Å². The maximum atomic E-state index is 6.84. The normalized spacial score (nSPS) is 13.0. The molecule has 64 heavy (non-hydrogen) atoms. The molecule has 1 aliphatic carbocycles. The van der Waals surface area contributed by atoms with Gasteiger partial charge in [0, 0.05) is 58.9 Å². The third-order valence-corrected chi connectivity index (χ3v) is 14.9. The highest BCUT2D eigenvalue weighted by Gasteiger charge is 2.37. The summed E-state index contributed by atoms with van der Waals surface area (Å²) in [7, 11) is 0. The van der Waals surface area contributed by atoms with Gasteiger partial charge in [0.1, 0.15) is 11.2 Å². The van der Waals surface area contributed by atoms with Crippen LogP contribution in [-0.4, -0.2) is 0 Å². The Kier molecular flexibility index (Phi) is 8.16. The van der Waals surface area contributed by atoms with Crippen LogP contribution in [0.5, 0.6) is 0 Å². The first-order chi connectivity index (χ1) is 31.5. The van der Waals surface area contributed by atoms with Crippen LogP contribution in [-0.2, 0) is 5.41 Å². The van der Waals surface area contributed by atoms with E-state index in [2.05, 4.69) is 231 Å². The molecule has 0 saturated carbocycles. The number of anilines is 3. The molecule has 0 radical (unpaired) electrons. The van der Waals surface area contributed by atoms with Gasteiger partial charge in [-0.25, -0.2) is 0 Å². The average Bonchev–Trinajstić information content (AvgIpc) is 3.99. The fraction of sp³-hybridized carbons (Fsp3) is 0.0492. The van der Waals surface area contributed by atoms with E-state index in [0.717, 1.165) is 50.1 Å². The monoisotopic (exact) mass is 835 g/mol. The van der Waals surface area contributed by atoms with Gasteiger partial charge >= 0.3 is 0 Å². The summed E-state index contributed by atoms with van der Waals surface area (Å²) >= 11 is 1.87. The van der Waals surface area contributed by atoms with Gasteiger partial charge < -0.3 is 9.32 Å². The SMILES string of the molecule is CC1(C)c2ccccc2-c2cccc(-c3ccc(N(c4ccc(-c5cccc6c5sc5ccccc56)cc4)c4ccccc4-c4cccc5c4oc4cc6ccccc6cc45)cc3)c21. The van der Waals surface area contributed by atoms with Gasteiger partial charge in [-0.15, -0.1) is 11.3 Å². The van der Waals surface area contributed by atoms with Crippen LogP contribution in [0.4, 0.5) is 17.1 Å². The molecular weight excluding hydrogens is 795 g/mol. The molecule has 0 unspecified atom stereocenters. The molecule has 10 aromatic carbocycles. The Labute approximate surface area is 375 Å². The van der Waals surface area contributed by atoms with Crippen molar-refractivity contribution in [3.05, 3.63) is 223 Å². The number of hydrogen-bond donors (Lipinski definition) is 0. The number of para-hydroxylation sites is 2. The molecule has 2 aromatic heterocycles. The Hall–Kier alpha value is -7.72. The maximum Gasteiger partial charge on any atom is 0.143 e. The number of furan rings is 1. The van der Waals surface area contributed by atoms with E-state index in [9.17, 15) is 0 Å². The lowest BCUT2D eigenvalue weighted by atomic mass is 9.79. The molecular formula is C61H41NOS. The second-order valence-corrected chi connectivity index (χ2v) is 18.7. The van der Waals surface area contributed by atoms with E-state index in [1.54, 1.807) is 0 Å². The molecule has 0 N–H and O–H groups in total. The smallest absolute Gasteiger partial charge is 0.143 e. The zero-order chi connectivity index (χ0) is 42.5. The molecule has 12 aromatic rings. The van der Waals surface area contributed by atoms with Gasteiger partial charge in [0.15, 0.2) is 0 Å². The maximum absolute atomic E-state index is 6.84. The van der Waals surface area contributed by atoms with Crippen molar-refractivity contribution >= 4 is 81.3 Å². The Balaban J connectivity index is 0.972. The highest BCUT2D eigenvalue weighted by atomic mass is 32.1. The molecule has 2 nitrogen and oxygen atoms in total. The van der Waals surface area contributed by atoms with Crippen LogP contribution in [0.3, 0.4) is 0 Å². The second-order valence-electron chi connectivity index (χ2n) is 17.6. The Morgan fingerprint density at radius 1 is 0.422 bits per heavy atom. The first-order valence-corrected chi connectivity index (χ1v) is 22.9. The van der Waals surface area contributed by atoms with Crippen LogP contribution in [0.1, 0.15) is 25.0 Å². The van der Waals surface area contributed by atoms with Gasteiger partial charge in [0.2, 0.25) is 0 Å². The van der Waals surface area contributed by atoms with Crippen molar-refractivity contribution in [3.8, 4) is 44.5 Å². The van der Waals surface area contributed by atoms with Crippen molar-refractivity contribution in [2.45, 2.75) is 19.3 Å². The van der Waals surface area contributed by atoms with Crippen LogP contribution < -0.4 is 4.90 Å². The van der Waals surface area contributed by atoms with E-state index < -0.39 is 0 Å². The molecule has 2 heterocycles. The average molecular weight is 836 g/mol. The van der Waals surface area contributed by atoms with E-state index in [-0.39, 0.29) is 5.41 Å². The summed E-state index contributed by atoms with van der Waals surface area (Å²) in [6, 6.07) is 77.7. The van der Waals surface area contributed by atoms with Gasteiger partial charge in [-0.2, -0.15) is 0 Å². The lowest BCUT2D eigenvalue weighted by Gasteiger charge is -2.28. The standard InChI is InChI=1S/C61H41NOS/c1-61(2)54-25-8-5-16-46(54)49-21-11-19-44(58(49)61)38-28-32-42(33-29-38)62(43-34-30-39(31-35-43)45-20-12-24-52-48-18-7-10-27-57(48)64-60(45)52)55-26-9-6-17-47(55)50-22-13-23-51-53-36-40-14-3-4-15-41(40)37-56(53)63-59(50)51/h3-37H,1-2H3. The summed E-state index contributed by atoms with van der Waals surface area (Å²) in [6.45, 7) is 4.73. The summed E-state index contributed by atoms with van der Waals surface area (Å²) in [6.07, 6.45) is 0. The van der Waals surface area contributed by atoms with Crippen molar-refractivity contribution in [2.75, 3.05) is 4.90 Å². The quantitative estimate of drug-likeness (QED) is 0.166. The Morgan fingerprint density at radius 3 is 1.78 bits per heavy atom.